The molecule has 6 nitrogen and oxygen atoms in total. The van der Waals surface area contributed by atoms with Crippen molar-refractivity contribution in [3.05, 3.63) is 352 Å². The zero-order valence-corrected chi connectivity index (χ0v) is 53.2. The molecule has 0 amide bonds. The molecule has 22 aromatic rings. The van der Waals surface area contributed by atoms with E-state index in [1.807, 2.05) is 0 Å². The van der Waals surface area contributed by atoms with Crippen LogP contribution < -0.4 is 9.80 Å². The molecule has 0 N–H and O–H groups in total. The van der Waals surface area contributed by atoms with Gasteiger partial charge in [-0.05, 0) is 154 Å². The molecular weight excluding hydrogens is 1190 g/mol. The highest BCUT2D eigenvalue weighted by molar-refractivity contribution is 6.37. The van der Waals surface area contributed by atoms with Crippen LogP contribution in [0.2, 0.25) is 0 Å². The van der Waals surface area contributed by atoms with E-state index >= 15 is 0 Å². The Balaban J connectivity index is 0.000000129. The molecule has 16 aromatic carbocycles. The van der Waals surface area contributed by atoms with Crippen LogP contribution >= 0.6 is 0 Å². The summed E-state index contributed by atoms with van der Waals surface area (Å²) in [4.78, 5) is 4.67. The first-order valence-corrected chi connectivity index (χ1v) is 33.8. The van der Waals surface area contributed by atoms with Gasteiger partial charge in [0, 0.05) is 105 Å². The second kappa shape index (κ2) is 21.2. The summed E-state index contributed by atoms with van der Waals surface area (Å²) in [5.74, 6) is 0. The van der Waals surface area contributed by atoms with Crippen LogP contribution in [0.4, 0.5) is 34.1 Å². The Morgan fingerprint density at radius 2 is 0.520 bits per heavy atom. The van der Waals surface area contributed by atoms with E-state index in [1.165, 1.54) is 141 Å². The zero-order valence-electron chi connectivity index (χ0n) is 53.2. The van der Waals surface area contributed by atoms with Gasteiger partial charge < -0.3 is 27.7 Å². The summed E-state index contributed by atoms with van der Waals surface area (Å²) in [5.41, 5.74) is 21.3. The molecule has 22 rings (SSSR count). The quantitative estimate of drug-likeness (QED) is 0.151. The van der Waals surface area contributed by atoms with Gasteiger partial charge in [0.15, 0.2) is 0 Å². The van der Waals surface area contributed by atoms with Gasteiger partial charge >= 0.3 is 0 Å². The lowest BCUT2D eigenvalue weighted by Gasteiger charge is -2.26. The van der Waals surface area contributed by atoms with E-state index in [1.54, 1.807) is 0 Å². The molecule has 6 heteroatoms. The molecular formula is C92H58N6. The van der Waals surface area contributed by atoms with E-state index in [0.717, 1.165) is 45.5 Å². The van der Waals surface area contributed by atoms with Crippen LogP contribution in [0.3, 0.4) is 0 Å². The van der Waals surface area contributed by atoms with E-state index in [2.05, 4.69) is 380 Å². The Labute approximate surface area is 563 Å². The summed E-state index contributed by atoms with van der Waals surface area (Å²) in [6.07, 6.45) is 0. The van der Waals surface area contributed by atoms with E-state index in [4.69, 9.17) is 0 Å². The lowest BCUT2D eigenvalue weighted by Crippen LogP contribution is -2.10. The molecule has 0 saturated heterocycles. The minimum absolute atomic E-state index is 1.11. The van der Waals surface area contributed by atoms with Crippen molar-refractivity contribution < 1.29 is 0 Å². The van der Waals surface area contributed by atoms with Gasteiger partial charge in [-0.2, -0.15) is 0 Å². The molecule has 6 aromatic heterocycles. The van der Waals surface area contributed by atoms with Gasteiger partial charge in [-0.15, -0.1) is 0 Å². The topological polar surface area (TPSA) is 25.2 Å². The first-order chi connectivity index (χ1) is 48.7. The summed E-state index contributed by atoms with van der Waals surface area (Å²) >= 11 is 0. The van der Waals surface area contributed by atoms with Crippen LogP contribution in [0.5, 0.6) is 0 Å². The van der Waals surface area contributed by atoms with Crippen molar-refractivity contribution in [1.82, 2.24) is 17.9 Å². The largest absolute Gasteiger partial charge is 0.310 e. The molecule has 0 radical (unpaired) electrons. The van der Waals surface area contributed by atoms with Gasteiger partial charge in [0.25, 0.3) is 0 Å². The van der Waals surface area contributed by atoms with E-state index in [-0.39, 0.29) is 0 Å². The maximum absolute atomic E-state index is 2.55. The van der Waals surface area contributed by atoms with Crippen molar-refractivity contribution in [2.24, 2.45) is 0 Å². The Morgan fingerprint density at radius 3 is 1.05 bits per heavy atom. The Morgan fingerprint density at radius 1 is 0.173 bits per heavy atom. The number of hydrogen-bond acceptors (Lipinski definition) is 2. The van der Waals surface area contributed by atoms with E-state index < -0.39 is 0 Å². The Kier molecular flexibility index (Phi) is 11.7. The molecule has 0 aliphatic carbocycles. The Bertz CT molecular complexity index is 6670. The molecule has 98 heavy (non-hydrogen) atoms. The molecule has 0 aliphatic heterocycles. The number of para-hydroxylation sites is 6. The fourth-order valence-electron chi connectivity index (χ4n) is 16.9. The van der Waals surface area contributed by atoms with Crippen molar-refractivity contribution >= 4 is 175 Å². The van der Waals surface area contributed by atoms with Crippen LogP contribution in [0.1, 0.15) is 0 Å². The maximum Gasteiger partial charge on any atom is 0.0642 e. The summed E-state index contributed by atoms with van der Waals surface area (Å²) in [7, 11) is 0. The van der Waals surface area contributed by atoms with Crippen molar-refractivity contribution in [3.63, 3.8) is 0 Å². The number of hydrogen-bond donors (Lipinski definition) is 0. The van der Waals surface area contributed by atoms with E-state index in [0.29, 0.717) is 0 Å². The lowest BCUT2D eigenvalue weighted by molar-refractivity contribution is 1.17. The molecule has 456 valence electrons. The molecule has 0 bridgehead atoms. The lowest BCUT2D eigenvalue weighted by atomic mass is 10.0. The van der Waals surface area contributed by atoms with Gasteiger partial charge in [0.2, 0.25) is 0 Å². The second-order valence-corrected chi connectivity index (χ2v) is 25.9. The average Bonchev–Trinajstić information content (AvgIpc) is 1.53. The number of benzene rings is 16. The van der Waals surface area contributed by atoms with Gasteiger partial charge in [0.05, 0.1) is 55.2 Å². The molecule has 6 heterocycles. The van der Waals surface area contributed by atoms with Gasteiger partial charge in [-0.3, -0.25) is 0 Å². The Hall–Kier alpha value is -13.2. The van der Waals surface area contributed by atoms with Crippen LogP contribution in [-0.4, -0.2) is 17.9 Å². The average molecular weight is 1250 g/mol. The second-order valence-electron chi connectivity index (χ2n) is 25.9. The third-order valence-corrected chi connectivity index (χ3v) is 20.8. The molecule has 0 aliphatic rings. The first-order valence-electron chi connectivity index (χ1n) is 33.8. The smallest absolute Gasteiger partial charge is 0.0642 e. The van der Waals surface area contributed by atoms with Crippen molar-refractivity contribution in [1.29, 1.82) is 0 Å². The normalized spacial score (nSPS) is 12.1. The molecule has 0 unspecified atom stereocenters. The minimum Gasteiger partial charge on any atom is -0.310 e. The maximum atomic E-state index is 2.55. The zero-order chi connectivity index (χ0) is 64.1. The first kappa shape index (κ1) is 54.3. The minimum atomic E-state index is 1.11. The van der Waals surface area contributed by atoms with Crippen molar-refractivity contribution in [2.75, 3.05) is 9.80 Å². The standard InChI is InChI=1S/2C46H29N3/c1-3-14-31(15-4-1)47(32-16-5-2-6-17-32)33-18-11-19-34(29-33)48-40-24-12-22-37-36-21-9-10-23-39(36)49-41-27-25-30-13-7-8-20-35(30)43(41)38-26-28-42(48)45(44(37)40)46(38)49;1-3-14-31(15-4-1)47(32-16-5-2-6-17-32)33-18-11-19-34(29-33)48-41-24-12-22-37-36-21-9-10-23-40(36)49-45-35-20-8-7-13-30(35)25-26-38(45)39-27-28-42(48)44(43(37)41)46(39)49/h2*1-29H. The number of nitrogens with zero attached hydrogens (tertiary/aromatic N) is 6. The number of anilines is 6. The van der Waals surface area contributed by atoms with Crippen molar-refractivity contribution in [3.8, 4) is 11.4 Å². The van der Waals surface area contributed by atoms with Crippen LogP contribution in [-0.2, 0) is 0 Å². The fourth-order valence-corrected chi connectivity index (χ4v) is 16.9. The highest BCUT2D eigenvalue weighted by Crippen LogP contribution is 2.50. The third kappa shape index (κ3) is 7.79. The van der Waals surface area contributed by atoms with Gasteiger partial charge in [-0.1, -0.05) is 224 Å². The monoisotopic (exact) mass is 1250 g/mol. The van der Waals surface area contributed by atoms with Crippen molar-refractivity contribution in [2.45, 2.75) is 0 Å². The SMILES string of the molecule is c1ccc(N(c2ccccc2)c2cccc(-n3c4cccc5c6ccccc6n6c7c8ccccc8ccc7c7ccc3c(c54)c76)c2)cc1.c1ccc(N(c2ccccc2)c2cccc(-n3c4cccc5c6ccccc6n6c7ccc8ccccc8c7c7ccc3c(c54)c76)c2)cc1. The van der Waals surface area contributed by atoms with Crippen LogP contribution in [0.15, 0.2) is 352 Å². The van der Waals surface area contributed by atoms with Crippen LogP contribution in [0, 0.1) is 0 Å². The molecule has 0 spiro atoms. The number of aromatic nitrogens is 4. The summed E-state index contributed by atoms with van der Waals surface area (Å²) in [6.45, 7) is 0. The van der Waals surface area contributed by atoms with E-state index in [9.17, 15) is 0 Å². The summed E-state index contributed by atoms with van der Waals surface area (Å²) < 4.78 is 10.0. The van der Waals surface area contributed by atoms with Crippen LogP contribution in [0.25, 0.3) is 153 Å². The highest BCUT2D eigenvalue weighted by Gasteiger charge is 2.27. The number of rotatable bonds is 8. The molecule has 0 saturated carbocycles. The molecule has 0 fully saturated rings. The fraction of sp³-hybridized carbons (Fsp3) is 0. The third-order valence-electron chi connectivity index (χ3n) is 20.8. The highest BCUT2D eigenvalue weighted by atomic mass is 15.2. The summed E-state index contributed by atoms with van der Waals surface area (Å²) in [5, 5.41) is 20.5. The molecule has 0 atom stereocenters. The predicted octanol–water partition coefficient (Wildman–Crippen LogP) is 25.1. The van der Waals surface area contributed by atoms with Gasteiger partial charge in [0.1, 0.15) is 0 Å². The number of fused-ring (bicyclic) bond motifs is 16. The van der Waals surface area contributed by atoms with Gasteiger partial charge in [-0.25, -0.2) is 0 Å². The summed E-state index contributed by atoms with van der Waals surface area (Å²) in [6, 6.07) is 128. The predicted molar refractivity (Wildman–Crippen MR) is 415 cm³/mol.